The van der Waals surface area contributed by atoms with E-state index in [9.17, 15) is 28.2 Å². The first-order chi connectivity index (χ1) is 16.2. The molecule has 34 heavy (non-hydrogen) atoms. The number of nitrogens with zero attached hydrogens (tertiary/aromatic N) is 4. The number of benzene rings is 1. The molecule has 1 aromatic carbocycles. The summed E-state index contributed by atoms with van der Waals surface area (Å²) < 4.78 is 27.4. The van der Waals surface area contributed by atoms with Crippen molar-refractivity contribution in [3.63, 3.8) is 0 Å². The highest BCUT2D eigenvalue weighted by atomic mass is 33.1. The van der Waals surface area contributed by atoms with Crippen molar-refractivity contribution >= 4 is 49.2 Å². The summed E-state index contributed by atoms with van der Waals surface area (Å²) in [5.41, 5.74) is 8.68. The fourth-order valence-corrected chi connectivity index (χ4v) is 5.32. The molecule has 1 aromatic heterocycles. The van der Waals surface area contributed by atoms with Crippen molar-refractivity contribution in [2.24, 2.45) is 5.11 Å². The van der Waals surface area contributed by atoms with Crippen LogP contribution in [0.4, 0.5) is 5.69 Å². The van der Waals surface area contributed by atoms with Crippen LogP contribution in [0.5, 0.6) is 11.8 Å². The molecule has 0 bridgehead atoms. The highest BCUT2D eigenvalue weighted by Crippen LogP contribution is 2.21. The van der Waals surface area contributed by atoms with Crippen molar-refractivity contribution in [3.8, 4) is 11.8 Å². The Kier molecular flexibility index (Phi) is 10.9. The summed E-state index contributed by atoms with van der Waals surface area (Å²) >= 11 is 0. The molecule has 0 unspecified atom stereocenters. The number of amides is 1. The lowest BCUT2D eigenvalue weighted by Crippen LogP contribution is -2.27. The number of hydrogen-bond donors (Lipinski definition) is 4. The minimum absolute atomic E-state index is 0.0654. The lowest BCUT2D eigenvalue weighted by molar-refractivity contribution is -0.146. The predicted octanol–water partition coefficient (Wildman–Crippen LogP) is 2.05. The molecule has 0 radical (unpaired) electrons. The first-order valence-corrected chi connectivity index (χ1v) is 13.7. The van der Waals surface area contributed by atoms with Crippen molar-refractivity contribution in [3.05, 3.63) is 46.8 Å². The largest absolute Gasteiger partial charge is 0.492 e. The molecule has 2 aromatic rings. The van der Waals surface area contributed by atoms with E-state index in [0.29, 0.717) is 28.5 Å². The molecule has 0 fully saturated rings. The Labute approximate surface area is 202 Å². The molecule has 13 nitrogen and oxygen atoms in total. The molecule has 16 heteroatoms. The number of carbonyl (C=O) groups is 2. The van der Waals surface area contributed by atoms with Gasteiger partial charge >= 0.3 is 5.97 Å². The average Bonchev–Trinajstić information content (AvgIpc) is 3.12. The molecule has 184 valence electrons. The Morgan fingerprint density at radius 2 is 1.65 bits per heavy atom. The van der Waals surface area contributed by atoms with Crippen LogP contribution < -0.4 is 14.9 Å². The summed E-state index contributed by atoms with van der Waals surface area (Å²) in [6.07, 6.45) is -0.357. The molecule has 0 aliphatic rings. The topological polar surface area (TPSA) is 196 Å². The minimum Gasteiger partial charge on any atom is -0.492 e. The maximum Gasteiger partial charge on any atom is 0.333 e. The van der Waals surface area contributed by atoms with Gasteiger partial charge in [0.1, 0.15) is 0 Å². The van der Waals surface area contributed by atoms with Gasteiger partial charge in [0.25, 0.3) is 0 Å². The van der Waals surface area contributed by atoms with E-state index in [0.717, 1.165) is 12.1 Å². The van der Waals surface area contributed by atoms with Gasteiger partial charge in [-0.25, -0.2) is 17.9 Å². The zero-order valence-electron chi connectivity index (χ0n) is 17.7. The number of hydrogen-bond acceptors (Lipinski definition) is 10. The van der Waals surface area contributed by atoms with Gasteiger partial charge in [-0.3, -0.25) is 4.79 Å². The summed E-state index contributed by atoms with van der Waals surface area (Å²) in [5.74, 6) is -0.977. The Morgan fingerprint density at radius 1 is 1.03 bits per heavy atom. The van der Waals surface area contributed by atoms with Gasteiger partial charge < -0.3 is 20.4 Å². The molecule has 4 N–H and O–H groups in total. The fraction of sp³-hybridized carbons (Fsp3) is 0.333. The van der Waals surface area contributed by atoms with E-state index in [4.69, 9.17) is 10.4 Å². The van der Waals surface area contributed by atoms with Crippen LogP contribution in [-0.4, -0.2) is 59.8 Å². The van der Waals surface area contributed by atoms with E-state index in [1.807, 2.05) is 0 Å². The summed E-state index contributed by atoms with van der Waals surface area (Å²) in [5, 5.41) is 24.8. The first kappa shape index (κ1) is 27.2. The Bertz CT molecular complexity index is 1110. The van der Waals surface area contributed by atoms with Crippen molar-refractivity contribution < 1.29 is 33.1 Å². The van der Waals surface area contributed by atoms with Crippen LogP contribution in [0.25, 0.3) is 10.4 Å². The highest BCUT2D eigenvalue weighted by Gasteiger charge is 2.14. The minimum atomic E-state index is -3.67. The van der Waals surface area contributed by atoms with Crippen molar-refractivity contribution in [2.75, 3.05) is 24.6 Å². The number of sulfonamides is 1. The van der Waals surface area contributed by atoms with Crippen LogP contribution in [0.3, 0.4) is 0 Å². The average molecular weight is 531 g/mol. The van der Waals surface area contributed by atoms with Gasteiger partial charge in [-0.2, -0.15) is 0 Å². The summed E-state index contributed by atoms with van der Waals surface area (Å²) in [6, 6.07) is 7.82. The summed E-state index contributed by atoms with van der Waals surface area (Å²) in [4.78, 5) is 30.9. The molecule has 2 rings (SSSR count). The number of aromatic nitrogens is 1. The smallest absolute Gasteiger partial charge is 0.333 e. The summed E-state index contributed by atoms with van der Waals surface area (Å²) in [7, 11) is -0.786. The van der Waals surface area contributed by atoms with Crippen LogP contribution in [0, 0.1) is 0 Å². The molecule has 0 aliphatic carbocycles. The van der Waals surface area contributed by atoms with Crippen molar-refractivity contribution in [1.82, 2.24) is 14.8 Å². The number of azide groups is 1. The van der Waals surface area contributed by atoms with E-state index in [1.54, 1.807) is 0 Å². The molecular weight excluding hydrogens is 508 g/mol. The monoisotopic (exact) mass is 530 g/mol. The van der Waals surface area contributed by atoms with Crippen LogP contribution in [0.2, 0.25) is 0 Å². The van der Waals surface area contributed by atoms with Gasteiger partial charge in [-0.15, -0.1) is 4.73 Å². The fourth-order valence-electron chi connectivity index (χ4n) is 2.34. The molecule has 0 saturated carbocycles. The number of nitrogens with one attached hydrogen (secondary N) is 2. The zero-order chi connectivity index (χ0) is 25.0. The van der Waals surface area contributed by atoms with Gasteiger partial charge in [-0.1, -0.05) is 38.8 Å². The maximum atomic E-state index is 12.2. The van der Waals surface area contributed by atoms with Crippen molar-refractivity contribution in [2.45, 2.75) is 17.7 Å². The molecule has 0 saturated heterocycles. The third kappa shape index (κ3) is 9.07. The first-order valence-electron chi connectivity index (χ1n) is 9.69. The standard InChI is InChI=1S/C18H22N6O7S3/c19-23-22-13-1-3-14(4-2-13)34(29,30)21-10-12-33-32-11-9-20-15(25)5-8-18(28)31-24-16(26)6-7-17(24)27/h1-4,6-7,21,26-27H,5,8-12H2,(H,20,25). The van der Waals surface area contributed by atoms with E-state index >= 15 is 0 Å². The molecule has 0 atom stereocenters. The van der Waals surface area contributed by atoms with E-state index in [2.05, 4.69) is 20.1 Å². The van der Waals surface area contributed by atoms with Crippen molar-refractivity contribution in [1.29, 1.82) is 0 Å². The second-order valence-corrected chi connectivity index (χ2v) is 10.9. The Morgan fingerprint density at radius 3 is 2.26 bits per heavy atom. The third-order valence-electron chi connectivity index (χ3n) is 3.92. The maximum absolute atomic E-state index is 12.2. The molecular formula is C18H22N6O7S3. The lowest BCUT2D eigenvalue weighted by atomic mass is 10.3. The highest BCUT2D eigenvalue weighted by molar-refractivity contribution is 8.76. The second kappa shape index (κ2) is 13.6. The number of carbonyl (C=O) groups excluding carboxylic acids is 2. The van der Waals surface area contributed by atoms with Crippen LogP contribution >= 0.6 is 21.6 Å². The Hall–Kier alpha value is -3.04. The van der Waals surface area contributed by atoms with E-state index in [-0.39, 0.29) is 30.2 Å². The quantitative estimate of drug-likeness (QED) is 0.0928. The molecule has 1 amide bonds. The zero-order valence-corrected chi connectivity index (χ0v) is 20.1. The van der Waals surface area contributed by atoms with Crippen LogP contribution in [0.1, 0.15) is 12.8 Å². The predicted molar refractivity (Wildman–Crippen MR) is 127 cm³/mol. The van der Waals surface area contributed by atoms with E-state index < -0.39 is 27.8 Å². The molecule has 0 aliphatic heterocycles. The normalized spacial score (nSPS) is 10.9. The SMILES string of the molecule is [N-]=[N+]=Nc1ccc(S(=O)(=O)NCCSSCCNC(=O)CCC(=O)On2c(O)ccc2O)cc1. The molecule has 0 spiro atoms. The van der Waals surface area contributed by atoms with Gasteiger partial charge in [0.2, 0.25) is 27.7 Å². The second-order valence-electron chi connectivity index (χ2n) is 6.38. The Balaban J connectivity index is 1.53. The van der Waals surface area contributed by atoms with Gasteiger partial charge in [0.05, 0.1) is 11.3 Å². The summed E-state index contributed by atoms with van der Waals surface area (Å²) in [6.45, 7) is 0.563. The lowest BCUT2D eigenvalue weighted by Gasteiger charge is -2.08. The van der Waals surface area contributed by atoms with Gasteiger partial charge in [0.15, 0.2) is 0 Å². The molecule has 1 heterocycles. The van der Waals surface area contributed by atoms with E-state index in [1.165, 1.54) is 45.9 Å². The van der Waals surface area contributed by atoms with Gasteiger partial charge in [0, 0.05) is 53.7 Å². The van der Waals surface area contributed by atoms with Gasteiger partial charge in [-0.05, 0) is 17.7 Å². The van der Waals surface area contributed by atoms with Crippen LogP contribution in [0.15, 0.2) is 46.4 Å². The van der Waals surface area contributed by atoms with Crippen LogP contribution in [-0.2, 0) is 19.6 Å². The number of aromatic hydroxyl groups is 2. The third-order valence-corrected chi connectivity index (χ3v) is 7.81. The number of rotatable bonds is 14.